The molecule has 1 aromatic rings. The van der Waals surface area contributed by atoms with Gasteiger partial charge in [0.25, 0.3) is 0 Å². The van der Waals surface area contributed by atoms with Crippen LogP contribution in [0.5, 0.6) is 0 Å². The summed E-state index contributed by atoms with van der Waals surface area (Å²) in [6.45, 7) is 10.2. The second-order valence-corrected chi connectivity index (χ2v) is 11.5. The minimum Gasteiger partial charge on any atom is -0.460 e. The average Bonchev–Trinajstić information content (AvgIpc) is 2.90. The Kier molecular flexibility index (Phi) is 11.6. The SMILES string of the molecule is CC#Cc1cc(C)c(C2C(=O)CC3(CC(=O)NCC3OC(=O)C(CC)CCCCC=CCC)CC2OC)c(C)c1. The van der Waals surface area contributed by atoms with Crippen LogP contribution in [-0.4, -0.2) is 43.5 Å². The van der Waals surface area contributed by atoms with Crippen LogP contribution in [0.3, 0.4) is 0 Å². The number of hydrogen-bond acceptors (Lipinski definition) is 5. The third kappa shape index (κ3) is 7.43. The molecule has 1 amide bonds. The van der Waals surface area contributed by atoms with Gasteiger partial charge in [0.2, 0.25) is 5.91 Å². The number of esters is 1. The van der Waals surface area contributed by atoms with Crippen LogP contribution in [0.1, 0.15) is 107 Å². The Balaban J connectivity index is 1.80. The Morgan fingerprint density at radius 3 is 2.50 bits per heavy atom. The zero-order chi connectivity index (χ0) is 29.3. The van der Waals surface area contributed by atoms with Crippen molar-refractivity contribution in [2.45, 2.75) is 111 Å². The van der Waals surface area contributed by atoms with E-state index in [1.54, 1.807) is 7.11 Å². The van der Waals surface area contributed by atoms with Crippen LogP contribution in [0.2, 0.25) is 0 Å². The molecule has 218 valence electrons. The first kappa shape index (κ1) is 31.6. The highest BCUT2D eigenvalue weighted by atomic mass is 16.5. The molecule has 0 bridgehead atoms. The van der Waals surface area contributed by atoms with Gasteiger partial charge in [-0.25, -0.2) is 0 Å². The molecule has 2 fully saturated rings. The van der Waals surface area contributed by atoms with Gasteiger partial charge in [0, 0.05) is 30.9 Å². The highest BCUT2D eigenvalue weighted by Gasteiger charge is 2.55. The fourth-order valence-electron chi connectivity index (χ4n) is 6.63. The lowest BCUT2D eigenvalue weighted by Crippen LogP contribution is -2.58. The van der Waals surface area contributed by atoms with Crippen molar-refractivity contribution in [1.29, 1.82) is 0 Å². The molecule has 3 rings (SSSR count). The number of rotatable bonds is 11. The summed E-state index contributed by atoms with van der Waals surface area (Å²) >= 11 is 0. The van der Waals surface area contributed by atoms with Gasteiger partial charge in [0.05, 0.1) is 24.5 Å². The number of amides is 1. The first-order valence-electron chi connectivity index (χ1n) is 14.9. The molecule has 40 heavy (non-hydrogen) atoms. The van der Waals surface area contributed by atoms with Gasteiger partial charge in [-0.1, -0.05) is 38.3 Å². The number of Topliss-reactive ketones (excluding diaryl/α,β-unsaturated/α-hetero) is 1. The predicted molar refractivity (Wildman–Crippen MR) is 158 cm³/mol. The minimum absolute atomic E-state index is 0.0292. The van der Waals surface area contributed by atoms with Crippen LogP contribution < -0.4 is 5.32 Å². The van der Waals surface area contributed by atoms with E-state index in [0.29, 0.717) is 12.8 Å². The Morgan fingerprint density at radius 1 is 1.15 bits per heavy atom. The summed E-state index contributed by atoms with van der Waals surface area (Å²) < 4.78 is 12.1. The molecule has 1 aliphatic heterocycles. The normalized spacial score (nSPS) is 25.4. The van der Waals surface area contributed by atoms with Crippen LogP contribution in [0, 0.1) is 37.0 Å². The number of ether oxygens (including phenoxy) is 2. The molecule has 1 spiro atoms. The number of nitrogens with one attached hydrogen (secondary N) is 1. The fourth-order valence-corrected chi connectivity index (χ4v) is 6.63. The number of benzene rings is 1. The minimum atomic E-state index is -0.773. The van der Waals surface area contributed by atoms with Crippen molar-refractivity contribution in [3.8, 4) is 11.8 Å². The van der Waals surface area contributed by atoms with Crippen LogP contribution in [0.15, 0.2) is 24.3 Å². The molecule has 6 nitrogen and oxygen atoms in total. The largest absolute Gasteiger partial charge is 0.460 e. The van der Waals surface area contributed by atoms with Crippen LogP contribution >= 0.6 is 0 Å². The van der Waals surface area contributed by atoms with E-state index in [4.69, 9.17) is 9.47 Å². The summed E-state index contributed by atoms with van der Waals surface area (Å²) in [5.74, 6) is 5.10. The van der Waals surface area contributed by atoms with Crippen LogP contribution in [0.4, 0.5) is 0 Å². The van der Waals surface area contributed by atoms with Gasteiger partial charge >= 0.3 is 5.97 Å². The van der Waals surface area contributed by atoms with Crippen molar-refractivity contribution >= 4 is 17.7 Å². The summed E-state index contributed by atoms with van der Waals surface area (Å²) in [5, 5.41) is 2.88. The number of methoxy groups -OCH3 is 1. The van der Waals surface area contributed by atoms with Gasteiger partial charge in [-0.2, -0.15) is 0 Å². The summed E-state index contributed by atoms with van der Waals surface area (Å²) in [7, 11) is 1.62. The molecule has 1 saturated heterocycles. The lowest BCUT2D eigenvalue weighted by molar-refractivity contribution is -0.175. The highest BCUT2D eigenvalue weighted by Crippen LogP contribution is 2.49. The number of carbonyl (C=O) groups is 3. The monoisotopic (exact) mass is 549 g/mol. The lowest BCUT2D eigenvalue weighted by Gasteiger charge is -2.49. The van der Waals surface area contributed by atoms with Gasteiger partial charge in [0.1, 0.15) is 11.9 Å². The molecular weight excluding hydrogens is 502 g/mol. The second kappa shape index (κ2) is 14.6. The van der Waals surface area contributed by atoms with Crippen LogP contribution in [0.25, 0.3) is 0 Å². The van der Waals surface area contributed by atoms with E-state index in [1.165, 1.54) is 0 Å². The molecule has 1 heterocycles. The van der Waals surface area contributed by atoms with E-state index in [0.717, 1.165) is 54.4 Å². The summed E-state index contributed by atoms with van der Waals surface area (Å²) in [6.07, 6.45) is 9.72. The molecule has 0 aromatic heterocycles. The van der Waals surface area contributed by atoms with Crippen molar-refractivity contribution in [2.75, 3.05) is 13.7 Å². The fraction of sp³-hybridized carbons (Fsp3) is 0.618. The Labute approximate surface area is 240 Å². The zero-order valence-electron chi connectivity index (χ0n) is 25.2. The Morgan fingerprint density at radius 2 is 1.88 bits per heavy atom. The first-order valence-corrected chi connectivity index (χ1v) is 14.9. The molecule has 5 unspecified atom stereocenters. The van der Waals surface area contributed by atoms with E-state index in [1.807, 2.05) is 39.8 Å². The van der Waals surface area contributed by atoms with Gasteiger partial charge in [-0.3, -0.25) is 14.4 Å². The number of aryl methyl sites for hydroxylation is 2. The average molecular weight is 550 g/mol. The van der Waals surface area contributed by atoms with Crippen molar-refractivity contribution in [1.82, 2.24) is 5.32 Å². The zero-order valence-corrected chi connectivity index (χ0v) is 25.2. The quantitative estimate of drug-likeness (QED) is 0.156. The number of allylic oxidation sites excluding steroid dienone is 2. The van der Waals surface area contributed by atoms with Gasteiger partial charge in [-0.15, -0.1) is 5.92 Å². The molecule has 6 heteroatoms. The van der Waals surface area contributed by atoms with Gasteiger partial charge in [0.15, 0.2) is 0 Å². The van der Waals surface area contributed by atoms with E-state index in [9.17, 15) is 14.4 Å². The van der Waals surface area contributed by atoms with Crippen molar-refractivity contribution in [2.24, 2.45) is 11.3 Å². The highest BCUT2D eigenvalue weighted by molar-refractivity contribution is 5.90. The lowest BCUT2D eigenvalue weighted by atomic mass is 9.60. The smallest absolute Gasteiger partial charge is 0.309 e. The van der Waals surface area contributed by atoms with E-state index in [2.05, 4.69) is 36.2 Å². The molecule has 1 saturated carbocycles. The van der Waals surface area contributed by atoms with E-state index >= 15 is 0 Å². The Hall–Kier alpha value is -2.91. The maximum absolute atomic E-state index is 13.9. The maximum atomic E-state index is 13.9. The van der Waals surface area contributed by atoms with Gasteiger partial charge < -0.3 is 14.8 Å². The van der Waals surface area contributed by atoms with Crippen molar-refractivity contribution in [3.05, 3.63) is 46.5 Å². The number of carbonyl (C=O) groups excluding carboxylic acids is 3. The maximum Gasteiger partial charge on any atom is 0.309 e. The third-order valence-electron chi connectivity index (χ3n) is 8.67. The summed E-state index contributed by atoms with van der Waals surface area (Å²) in [5.41, 5.74) is 3.14. The first-order chi connectivity index (χ1) is 19.2. The molecular formula is C34H47NO5. The molecule has 0 radical (unpaired) electrons. The molecule has 1 N–H and O–H groups in total. The Bertz CT molecular complexity index is 1140. The third-order valence-corrected chi connectivity index (χ3v) is 8.67. The summed E-state index contributed by atoms with van der Waals surface area (Å²) in [4.78, 5) is 39.9. The molecule has 5 atom stereocenters. The van der Waals surface area contributed by atoms with E-state index in [-0.39, 0.29) is 43.0 Å². The van der Waals surface area contributed by atoms with Crippen LogP contribution in [-0.2, 0) is 23.9 Å². The number of hydrogen-bond donors (Lipinski definition) is 1. The van der Waals surface area contributed by atoms with Gasteiger partial charge in [-0.05, 0) is 88.1 Å². The molecule has 1 aliphatic carbocycles. The molecule has 2 aliphatic rings. The second-order valence-electron chi connectivity index (χ2n) is 11.5. The van der Waals surface area contributed by atoms with Crippen molar-refractivity contribution < 1.29 is 23.9 Å². The number of unbranched alkanes of at least 4 members (excludes halogenated alkanes) is 2. The topological polar surface area (TPSA) is 81.7 Å². The standard InChI is InChI=1S/C34H47NO5/c1-7-10-11-12-13-14-16-26(9-3)33(38)40-29-22-35-30(37)21-34(29)19-27(36)32(28(20-34)39-6)31-23(4)17-25(15-8-2)18-24(31)5/h10-11,17-18,26,28-29,32H,7,9,12-14,16,19-22H2,1-6H3,(H,35,37). The summed E-state index contributed by atoms with van der Waals surface area (Å²) in [6, 6.07) is 4.04. The number of piperidine rings is 1. The number of ketones is 1. The van der Waals surface area contributed by atoms with Crippen molar-refractivity contribution in [3.63, 3.8) is 0 Å². The predicted octanol–water partition coefficient (Wildman–Crippen LogP) is 6.11. The molecule has 1 aromatic carbocycles. The van der Waals surface area contributed by atoms with E-state index < -0.39 is 23.5 Å².